The highest BCUT2D eigenvalue weighted by molar-refractivity contribution is 5.97. The number of pyridine rings is 1. The first-order valence-electron chi connectivity index (χ1n) is 7.53. The van der Waals surface area contributed by atoms with Crippen molar-refractivity contribution in [3.8, 4) is 0 Å². The highest BCUT2D eigenvalue weighted by Crippen LogP contribution is 2.18. The van der Waals surface area contributed by atoms with Gasteiger partial charge in [0.25, 0.3) is 17.5 Å². The number of rotatable bonds is 6. The third kappa shape index (κ3) is 3.27. The fourth-order valence-corrected chi connectivity index (χ4v) is 2.21. The van der Waals surface area contributed by atoms with Gasteiger partial charge in [-0.1, -0.05) is 12.1 Å². The Labute approximate surface area is 137 Å². The van der Waals surface area contributed by atoms with E-state index in [4.69, 9.17) is 8.94 Å². The van der Waals surface area contributed by atoms with Gasteiger partial charge in [0, 0.05) is 19.3 Å². The van der Waals surface area contributed by atoms with Gasteiger partial charge in [0.15, 0.2) is 5.76 Å². The first-order valence-corrected chi connectivity index (χ1v) is 7.53. The molecule has 0 unspecified atom stereocenters. The van der Waals surface area contributed by atoms with Crippen LogP contribution in [0.1, 0.15) is 33.5 Å². The minimum absolute atomic E-state index is 0.232. The van der Waals surface area contributed by atoms with Gasteiger partial charge in [-0.25, -0.2) is 4.98 Å². The Morgan fingerprint density at radius 3 is 2.71 bits per heavy atom. The Hall–Kier alpha value is -3.16. The smallest absolute Gasteiger partial charge is 0.287 e. The van der Waals surface area contributed by atoms with Gasteiger partial charge in [0.2, 0.25) is 0 Å². The minimum atomic E-state index is -0.325. The molecule has 2 amide bonds. The lowest BCUT2D eigenvalue weighted by atomic mass is 10.1. The predicted molar refractivity (Wildman–Crippen MR) is 84.6 cm³/mol. The summed E-state index contributed by atoms with van der Waals surface area (Å²) in [4.78, 5) is 27.9. The molecule has 0 aliphatic rings. The Morgan fingerprint density at radius 1 is 1.21 bits per heavy atom. The highest BCUT2D eigenvalue weighted by Gasteiger charge is 2.13. The van der Waals surface area contributed by atoms with E-state index in [9.17, 15) is 9.59 Å². The maximum absolute atomic E-state index is 12.1. The third-order valence-electron chi connectivity index (χ3n) is 3.44. The lowest BCUT2D eigenvalue weighted by Crippen LogP contribution is -2.34. The number of aromatic nitrogens is 2. The Bertz CT molecular complexity index is 854. The van der Waals surface area contributed by atoms with Crippen molar-refractivity contribution in [2.75, 3.05) is 13.1 Å². The van der Waals surface area contributed by atoms with Gasteiger partial charge in [-0.15, -0.1) is 0 Å². The summed E-state index contributed by atoms with van der Waals surface area (Å²) in [5.41, 5.74) is 1.59. The maximum atomic E-state index is 12.1. The van der Waals surface area contributed by atoms with E-state index >= 15 is 0 Å². The summed E-state index contributed by atoms with van der Waals surface area (Å²) in [5, 5.41) is 10.0. The van der Waals surface area contributed by atoms with E-state index in [-0.39, 0.29) is 30.7 Å². The van der Waals surface area contributed by atoms with Gasteiger partial charge < -0.3 is 19.6 Å². The van der Waals surface area contributed by atoms with Gasteiger partial charge in [0.1, 0.15) is 0 Å². The van der Waals surface area contributed by atoms with Crippen LogP contribution in [0.3, 0.4) is 0 Å². The van der Waals surface area contributed by atoms with Crippen LogP contribution in [-0.2, 0) is 6.42 Å². The van der Waals surface area contributed by atoms with Crippen LogP contribution in [0.25, 0.3) is 11.1 Å². The molecule has 0 aromatic carbocycles. The normalized spacial score (nSPS) is 10.7. The minimum Gasteiger partial charge on any atom is -0.459 e. The predicted octanol–water partition coefficient (Wildman–Crippen LogP) is 1.54. The number of nitrogens with one attached hydrogen (secondary N) is 2. The molecule has 0 fully saturated rings. The highest BCUT2D eigenvalue weighted by atomic mass is 16.5. The van der Waals surface area contributed by atoms with Crippen LogP contribution in [0.15, 0.2) is 39.6 Å². The van der Waals surface area contributed by atoms with Crippen molar-refractivity contribution in [1.29, 1.82) is 0 Å². The molecule has 0 saturated heterocycles. The van der Waals surface area contributed by atoms with Crippen LogP contribution in [0.5, 0.6) is 0 Å². The fraction of sp³-hybridized carbons (Fsp3) is 0.250. The average Bonchev–Trinajstić information content (AvgIpc) is 3.26. The standard InChI is InChI=1S/C16H16N4O4/c1-2-12-11-8-10(9-19-16(11)24-20-12)14(21)17-5-6-18-15(22)13-4-3-7-23-13/h3-4,7-9H,2,5-6H2,1H3,(H,17,21)(H,18,22). The van der Waals surface area contributed by atoms with Crippen LogP contribution < -0.4 is 10.6 Å². The first-order chi connectivity index (χ1) is 11.7. The first kappa shape index (κ1) is 15.7. The van der Waals surface area contributed by atoms with Crippen LogP contribution in [0.4, 0.5) is 0 Å². The lowest BCUT2D eigenvalue weighted by molar-refractivity contribution is 0.0910. The fourth-order valence-electron chi connectivity index (χ4n) is 2.21. The molecule has 3 aromatic rings. The number of furan rings is 1. The molecule has 0 aliphatic heterocycles. The number of aryl methyl sites for hydroxylation is 1. The molecule has 8 heteroatoms. The summed E-state index contributed by atoms with van der Waals surface area (Å²) in [5.74, 6) is -0.371. The van der Waals surface area contributed by atoms with Gasteiger partial charge in [-0.3, -0.25) is 9.59 Å². The molecule has 0 saturated carbocycles. The topological polar surface area (TPSA) is 110 Å². The number of nitrogens with zero attached hydrogens (tertiary/aromatic N) is 2. The second-order valence-corrected chi connectivity index (χ2v) is 5.05. The second-order valence-electron chi connectivity index (χ2n) is 5.05. The van der Waals surface area contributed by atoms with Crippen molar-refractivity contribution in [2.45, 2.75) is 13.3 Å². The van der Waals surface area contributed by atoms with Gasteiger partial charge in [-0.2, -0.15) is 0 Å². The molecular formula is C16H16N4O4. The molecule has 0 spiro atoms. The van der Waals surface area contributed by atoms with E-state index in [0.29, 0.717) is 17.7 Å². The Kier molecular flexibility index (Phi) is 4.55. The number of carbonyl (C=O) groups excluding carboxylic acids is 2. The van der Waals surface area contributed by atoms with Crippen LogP contribution >= 0.6 is 0 Å². The van der Waals surface area contributed by atoms with E-state index in [1.807, 2.05) is 6.92 Å². The van der Waals surface area contributed by atoms with Gasteiger partial charge in [0.05, 0.1) is 22.9 Å². The molecule has 24 heavy (non-hydrogen) atoms. The molecule has 8 nitrogen and oxygen atoms in total. The molecule has 0 radical (unpaired) electrons. The lowest BCUT2D eigenvalue weighted by Gasteiger charge is -2.06. The van der Waals surface area contributed by atoms with Crippen molar-refractivity contribution in [3.05, 3.63) is 47.7 Å². The van der Waals surface area contributed by atoms with Crippen molar-refractivity contribution >= 4 is 22.9 Å². The molecule has 0 bridgehead atoms. The van der Waals surface area contributed by atoms with Gasteiger partial charge in [-0.05, 0) is 24.6 Å². The summed E-state index contributed by atoms with van der Waals surface area (Å²) in [6, 6.07) is 4.91. The van der Waals surface area contributed by atoms with E-state index in [1.54, 1.807) is 18.2 Å². The summed E-state index contributed by atoms with van der Waals surface area (Å²) in [6.07, 6.45) is 3.55. The zero-order chi connectivity index (χ0) is 16.9. The number of amides is 2. The van der Waals surface area contributed by atoms with Crippen LogP contribution in [0.2, 0.25) is 0 Å². The second kappa shape index (κ2) is 6.95. The molecule has 124 valence electrons. The molecule has 0 atom stereocenters. The number of hydrogen-bond acceptors (Lipinski definition) is 6. The largest absolute Gasteiger partial charge is 0.459 e. The Balaban J connectivity index is 1.54. The summed E-state index contributed by atoms with van der Waals surface area (Å²) in [6.45, 7) is 2.52. The van der Waals surface area contributed by atoms with Crippen LogP contribution in [0, 0.1) is 0 Å². The molecule has 3 aromatic heterocycles. The van der Waals surface area contributed by atoms with Crippen molar-refractivity contribution in [2.24, 2.45) is 0 Å². The third-order valence-corrected chi connectivity index (χ3v) is 3.44. The van der Waals surface area contributed by atoms with E-state index in [0.717, 1.165) is 11.1 Å². The number of carbonyl (C=O) groups is 2. The molecule has 2 N–H and O–H groups in total. The maximum Gasteiger partial charge on any atom is 0.287 e. The Morgan fingerprint density at radius 2 is 2.00 bits per heavy atom. The van der Waals surface area contributed by atoms with Crippen molar-refractivity contribution < 1.29 is 18.5 Å². The van der Waals surface area contributed by atoms with Crippen molar-refractivity contribution in [3.63, 3.8) is 0 Å². The van der Waals surface area contributed by atoms with E-state index in [1.165, 1.54) is 12.5 Å². The van der Waals surface area contributed by atoms with Crippen LogP contribution in [-0.4, -0.2) is 35.0 Å². The summed E-state index contributed by atoms with van der Waals surface area (Å²) < 4.78 is 10.1. The molecular weight excluding hydrogens is 312 g/mol. The average molecular weight is 328 g/mol. The quantitative estimate of drug-likeness (QED) is 0.664. The van der Waals surface area contributed by atoms with E-state index < -0.39 is 0 Å². The number of fused-ring (bicyclic) bond motifs is 1. The zero-order valence-corrected chi connectivity index (χ0v) is 13.0. The summed E-state index contributed by atoms with van der Waals surface area (Å²) >= 11 is 0. The van der Waals surface area contributed by atoms with E-state index in [2.05, 4.69) is 20.8 Å². The molecule has 3 rings (SSSR count). The molecule has 3 heterocycles. The van der Waals surface area contributed by atoms with Gasteiger partial charge >= 0.3 is 0 Å². The van der Waals surface area contributed by atoms with Crippen molar-refractivity contribution in [1.82, 2.24) is 20.8 Å². The number of hydrogen-bond donors (Lipinski definition) is 2. The summed E-state index contributed by atoms with van der Waals surface area (Å²) in [7, 11) is 0. The zero-order valence-electron chi connectivity index (χ0n) is 13.0. The molecule has 0 aliphatic carbocycles. The monoisotopic (exact) mass is 328 g/mol. The SMILES string of the molecule is CCc1noc2ncc(C(=O)NCCNC(=O)c3ccco3)cc12.